The maximum absolute atomic E-state index is 10.7. The first-order valence-corrected chi connectivity index (χ1v) is 4.99. The van der Waals surface area contributed by atoms with E-state index in [-0.39, 0.29) is 5.91 Å². The molecule has 0 bridgehead atoms. The second-order valence-electron chi connectivity index (χ2n) is 4.01. The van der Waals surface area contributed by atoms with Crippen LogP contribution in [0.2, 0.25) is 0 Å². The molecule has 3 heteroatoms. The van der Waals surface area contributed by atoms with E-state index >= 15 is 0 Å². The molecule has 0 aromatic carbocycles. The molecule has 76 valence electrons. The first-order chi connectivity index (χ1) is 6.22. The molecule has 2 N–H and O–H groups in total. The third-order valence-corrected chi connectivity index (χ3v) is 2.86. The maximum Gasteiger partial charge on any atom is 0.217 e. The Morgan fingerprint density at radius 1 is 1.31 bits per heavy atom. The van der Waals surface area contributed by atoms with Gasteiger partial charge in [-0.3, -0.25) is 4.79 Å². The van der Waals surface area contributed by atoms with Gasteiger partial charge in [0.2, 0.25) is 5.91 Å². The second-order valence-corrected chi connectivity index (χ2v) is 4.01. The number of amides is 1. The highest BCUT2D eigenvalue weighted by Crippen LogP contribution is 2.30. The Morgan fingerprint density at radius 3 is 2.31 bits per heavy atom. The molecule has 0 unspecified atom stereocenters. The lowest BCUT2D eigenvalue weighted by Crippen LogP contribution is -2.22. The smallest absolute Gasteiger partial charge is 0.217 e. The lowest BCUT2D eigenvalue weighted by Gasteiger charge is -2.27. The third kappa shape index (κ3) is 3.77. The molecule has 0 aliphatic heterocycles. The second kappa shape index (κ2) is 5.22. The molecule has 0 radical (unpaired) electrons. The normalized spacial score (nSPS) is 28.7. The van der Waals surface area contributed by atoms with Gasteiger partial charge in [0, 0.05) is 20.1 Å². The van der Waals surface area contributed by atoms with Gasteiger partial charge in [-0.1, -0.05) is 0 Å². The summed E-state index contributed by atoms with van der Waals surface area (Å²) in [4.78, 5) is 10.7. The summed E-state index contributed by atoms with van der Waals surface area (Å²) < 4.78 is 5.11. The van der Waals surface area contributed by atoms with E-state index in [9.17, 15) is 4.79 Å². The van der Waals surface area contributed by atoms with Crippen molar-refractivity contribution in [1.29, 1.82) is 0 Å². The molecule has 1 amide bonds. The number of hydrogen-bond acceptors (Lipinski definition) is 2. The number of nitrogens with two attached hydrogens (primary N) is 1. The summed E-state index contributed by atoms with van der Waals surface area (Å²) in [7, 11) is 1.75. The number of carbonyl (C=O) groups excluding carboxylic acids is 1. The van der Waals surface area contributed by atoms with Crippen LogP contribution in [-0.4, -0.2) is 19.6 Å². The molecule has 1 saturated carbocycles. The Labute approximate surface area is 79.6 Å². The van der Waals surface area contributed by atoms with E-state index in [1.165, 1.54) is 12.8 Å². The van der Waals surface area contributed by atoms with Crippen LogP contribution in [0, 0.1) is 11.8 Å². The quantitative estimate of drug-likeness (QED) is 0.718. The van der Waals surface area contributed by atoms with Crippen molar-refractivity contribution in [3.05, 3.63) is 0 Å². The predicted molar refractivity (Wildman–Crippen MR) is 51.1 cm³/mol. The molecule has 1 aliphatic rings. The number of methoxy groups -OCH3 is 1. The standard InChI is InChI=1S/C10H19NO2/c1-13-7-9-4-2-8(3-5-9)6-10(11)12/h8-9H,2-7H2,1H3,(H2,11,12). The van der Waals surface area contributed by atoms with E-state index < -0.39 is 0 Å². The maximum atomic E-state index is 10.7. The zero-order valence-corrected chi connectivity index (χ0v) is 8.29. The number of hydrogen-bond donors (Lipinski definition) is 1. The number of ether oxygens (including phenoxy) is 1. The zero-order valence-electron chi connectivity index (χ0n) is 8.29. The van der Waals surface area contributed by atoms with E-state index in [0.29, 0.717) is 18.3 Å². The SMILES string of the molecule is COCC1CCC(CC(N)=O)CC1. The highest BCUT2D eigenvalue weighted by Gasteiger charge is 2.21. The molecule has 1 rings (SSSR count). The Hall–Kier alpha value is -0.570. The van der Waals surface area contributed by atoms with E-state index in [0.717, 1.165) is 19.4 Å². The Balaban J connectivity index is 2.18. The van der Waals surface area contributed by atoms with Crippen molar-refractivity contribution >= 4 is 5.91 Å². The van der Waals surface area contributed by atoms with Crippen molar-refractivity contribution < 1.29 is 9.53 Å². The summed E-state index contributed by atoms with van der Waals surface area (Å²) in [5.41, 5.74) is 5.15. The van der Waals surface area contributed by atoms with Crippen LogP contribution < -0.4 is 5.73 Å². The largest absolute Gasteiger partial charge is 0.384 e. The Morgan fingerprint density at radius 2 is 1.85 bits per heavy atom. The van der Waals surface area contributed by atoms with E-state index in [1.54, 1.807) is 7.11 Å². The minimum Gasteiger partial charge on any atom is -0.384 e. The highest BCUT2D eigenvalue weighted by molar-refractivity contribution is 5.73. The van der Waals surface area contributed by atoms with Gasteiger partial charge in [0.1, 0.15) is 0 Å². The van der Waals surface area contributed by atoms with Crippen LogP contribution in [0.15, 0.2) is 0 Å². The van der Waals surface area contributed by atoms with Gasteiger partial charge in [-0.2, -0.15) is 0 Å². The molecule has 0 saturated heterocycles. The van der Waals surface area contributed by atoms with Gasteiger partial charge in [0.15, 0.2) is 0 Å². The van der Waals surface area contributed by atoms with Crippen molar-refractivity contribution in [3.63, 3.8) is 0 Å². The van der Waals surface area contributed by atoms with Crippen molar-refractivity contribution in [1.82, 2.24) is 0 Å². The van der Waals surface area contributed by atoms with Crippen LogP contribution >= 0.6 is 0 Å². The molecule has 0 spiro atoms. The van der Waals surface area contributed by atoms with E-state index in [1.807, 2.05) is 0 Å². The molecule has 13 heavy (non-hydrogen) atoms. The Kier molecular flexibility index (Phi) is 4.22. The molecule has 0 heterocycles. The summed E-state index contributed by atoms with van der Waals surface area (Å²) >= 11 is 0. The summed E-state index contributed by atoms with van der Waals surface area (Å²) in [5.74, 6) is 1.08. The first kappa shape index (κ1) is 10.5. The van der Waals surface area contributed by atoms with Crippen LogP contribution in [0.3, 0.4) is 0 Å². The third-order valence-electron chi connectivity index (χ3n) is 2.86. The summed E-state index contributed by atoms with van der Waals surface area (Å²) in [5, 5.41) is 0. The van der Waals surface area contributed by atoms with Crippen molar-refractivity contribution in [2.24, 2.45) is 17.6 Å². The monoisotopic (exact) mass is 185 g/mol. The van der Waals surface area contributed by atoms with Gasteiger partial charge in [-0.05, 0) is 37.5 Å². The Bertz CT molecular complexity index is 162. The van der Waals surface area contributed by atoms with Crippen LogP contribution in [0.1, 0.15) is 32.1 Å². The van der Waals surface area contributed by atoms with Gasteiger partial charge in [0.25, 0.3) is 0 Å². The summed E-state index contributed by atoms with van der Waals surface area (Å²) in [6.45, 7) is 0.864. The molecule has 3 nitrogen and oxygen atoms in total. The minimum absolute atomic E-state index is 0.157. The van der Waals surface area contributed by atoms with Crippen LogP contribution in [-0.2, 0) is 9.53 Å². The minimum atomic E-state index is -0.157. The molecular formula is C10H19NO2. The number of primary amides is 1. The fraction of sp³-hybridized carbons (Fsp3) is 0.900. The molecule has 0 aromatic rings. The number of carbonyl (C=O) groups is 1. The molecule has 1 fully saturated rings. The lowest BCUT2D eigenvalue weighted by atomic mass is 9.81. The first-order valence-electron chi connectivity index (χ1n) is 4.99. The van der Waals surface area contributed by atoms with Crippen LogP contribution in [0.4, 0.5) is 0 Å². The molecular weight excluding hydrogens is 166 g/mol. The summed E-state index contributed by atoms with van der Waals surface area (Å²) in [6, 6.07) is 0. The number of rotatable bonds is 4. The van der Waals surface area contributed by atoms with Gasteiger partial charge in [-0.25, -0.2) is 0 Å². The van der Waals surface area contributed by atoms with E-state index in [2.05, 4.69) is 0 Å². The fourth-order valence-corrected chi connectivity index (χ4v) is 2.12. The predicted octanol–water partition coefficient (Wildman–Crippen LogP) is 1.31. The van der Waals surface area contributed by atoms with Crippen molar-refractivity contribution in [3.8, 4) is 0 Å². The van der Waals surface area contributed by atoms with Gasteiger partial charge >= 0.3 is 0 Å². The van der Waals surface area contributed by atoms with E-state index in [4.69, 9.17) is 10.5 Å². The van der Waals surface area contributed by atoms with Gasteiger partial charge in [0.05, 0.1) is 0 Å². The van der Waals surface area contributed by atoms with Crippen molar-refractivity contribution in [2.45, 2.75) is 32.1 Å². The van der Waals surface area contributed by atoms with Crippen molar-refractivity contribution in [2.75, 3.05) is 13.7 Å². The van der Waals surface area contributed by atoms with Gasteiger partial charge in [-0.15, -0.1) is 0 Å². The lowest BCUT2D eigenvalue weighted by molar-refractivity contribution is -0.119. The topological polar surface area (TPSA) is 52.3 Å². The van der Waals surface area contributed by atoms with Gasteiger partial charge < -0.3 is 10.5 Å². The molecule has 0 atom stereocenters. The average Bonchev–Trinajstić information content (AvgIpc) is 2.08. The molecule has 0 aromatic heterocycles. The zero-order chi connectivity index (χ0) is 9.68. The van der Waals surface area contributed by atoms with Crippen LogP contribution in [0.25, 0.3) is 0 Å². The van der Waals surface area contributed by atoms with Crippen LogP contribution in [0.5, 0.6) is 0 Å². The fourth-order valence-electron chi connectivity index (χ4n) is 2.12. The highest BCUT2D eigenvalue weighted by atomic mass is 16.5. The average molecular weight is 185 g/mol. The molecule has 1 aliphatic carbocycles. The summed E-state index contributed by atoms with van der Waals surface area (Å²) in [6.07, 6.45) is 5.21.